The number of nitrogens with one attached hydrogen (secondary N) is 1. The van der Waals surface area contributed by atoms with Crippen LogP contribution in [0.25, 0.3) is 0 Å². The third kappa shape index (κ3) is 4.87. The van der Waals surface area contributed by atoms with Gasteiger partial charge in [-0.05, 0) is 61.1 Å². The zero-order chi connectivity index (χ0) is 20.1. The molecule has 0 saturated carbocycles. The summed E-state index contributed by atoms with van der Waals surface area (Å²) >= 11 is 1.49. The van der Waals surface area contributed by atoms with Crippen molar-refractivity contribution in [2.45, 2.75) is 46.0 Å². The molecule has 0 spiro atoms. The maximum absolute atomic E-state index is 12.3. The molecule has 28 heavy (non-hydrogen) atoms. The second-order valence-corrected chi connectivity index (χ2v) is 8.19. The molecule has 0 aliphatic heterocycles. The summed E-state index contributed by atoms with van der Waals surface area (Å²) in [5, 5.41) is 2.73. The Morgan fingerprint density at radius 2 is 1.93 bits per heavy atom. The van der Waals surface area contributed by atoms with Crippen LogP contribution in [-0.2, 0) is 22.4 Å². The third-order valence-corrected chi connectivity index (χ3v) is 6.33. The number of hydrogen-bond donors (Lipinski definition) is 1. The van der Waals surface area contributed by atoms with Crippen LogP contribution in [0, 0.1) is 5.92 Å². The van der Waals surface area contributed by atoms with E-state index in [1.165, 1.54) is 28.2 Å². The minimum absolute atomic E-state index is 0.0862. The number of Topliss-reactive ketones (excluding diaryl/α,β-unsaturated/α-hetero) is 1. The fraction of sp³-hybridized carbons (Fsp3) is 0.409. The van der Waals surface area contributed by atoms with E-state index in [-0.39, 0.29) is 18.3 Å². The predicted octanol–water partition coefficient (Wildman–Crippen LogP) is 4.65. The van der Waals surface area contributed by atoms with Crippen LogP contribution in [-0.4, -0.2) is 24.3 Å². The van der Waals surface area contributed by atoms with Gasteiger partial charge in [0, 0.05) is 22.5 Å². The van der Waals surface area contributed by atoms with Crippen molar-refractivity contribution < 1.29 is 19.1 Å². The molecule has 0 unspecified atom stereocenters. The molecule has 148 valence electrons. The number of aryl methyl sites for hydroxylation is 1. The number of amides is 1. The maximum Gasteiger partial charge on any atom is 0.348 e. The monoisotopic (exact) mass is 399 g/mol. The van der Waals surface area contributed by atoms with E-state index >= 15 is 0 Å². The van der Waals surface area contributed by atoms with Gasteiger partial charge >= 0.3 is 5.97 Å². The van der Waals surface area contributed by atoms with E-state index in [0.717, 1.165) is 19.3 Å². The summed E-state index contributed by atoms with van der Waals surface area (Å²) in [7, 11) is 0. The van der Waals surface area contributed by atoms with Gasteiger partial charge in [0.2, 0.25) is 5.91 Å². The van der Waals surface area contributed by atoms with E-state index in [2.05, 4.69) is 12.2 Å². The van der Waals surface area contributed by atoms with Crippen LogP contribution < -0.4 is 5.32 Å². The predicted molar refractivity (Wildman–Crippen MR) is 110 cm³/mol. The van der Waals surface area contributed by atoms with Crippen LogP contribution in [0.2, 0.25) is 0 Å². The first-order valence-corrected chi connectivity index (χ1v) is 10.5. The van der Waals surface area contributed by atoms with E-state index in [4.69, 9.17) is 4.74 Å². The van der Waals surface area contributed by atoms with E-state index in [1.807, 2.05) is 6.07 Å². The second kappa shape index (κ2) is 9.15. The SMILES string of the molecule is CCC(=O)Nc1ccc(C(=O)COC(=O)c2cc3c(s2)CC[C@@H](CC)C3)cc1. The third-order valence-electron chi connectivity index (χ3n) is 5.11. The van der Waals surface area contributed by atoms with Crippen LogP contribution in [0.15, 0.2) is 30.3 Å². The van der Waals surface area contributed by atoms with Gasteiger partial charge in [-0.1, -0.05) is 20.3 Å². The van der Waals surface area contributed by atoms with Crippen molar-refractivity contribution in [3.05, 3.63) is 51.2 Å². The first kappa shape index (κ1) is 20.3. The fourth-order valence-electron chi connectivity index (χ4n) is 3.32. The standard InChI is InChI=1S/C22H25NO4S/c1-3-14-5-10-19-16(11-14)12-20(28-19)22(26)27-13-18(24)15-6-8-17(9-7-15)23-21(25)4-2/h6-9,12,14H,3-5,10-11,13H2,1-2H3,(H,23,25)/t14-/m1/s1. The first-order chi connectivity index (χ1) is 13.5. The lowest BCUT2D eigenvalue weighted by molar-refractivity contribution is -0.115. The molecular formula is C22H25NO4S. The number of ketones is 1. The second-order valence-electron chi connectivity index (χ2n) is 7.05. The molecule has 1 aliphatic carbocycles. The van der Waals surface area contributed by atoms with Gasteiger partial charge in [0.15, 0.2) is 12.4 Å². The zero-order valence-corrected chi connectivity index (χ0v) is 17.1. The Labute approximate surface area is 169 Å². The lowest BCUT2D eigenvalue weighted by Crippen LogP contribution is -2.14. The van der Waals surface area contributed by atoms with Crippen LogP contribution in [0.3, 0.4) is 0 Å². The molecule has 1 atom stereocenters. The normalized spacial score (nSPS) is 15.6. The maximum atomic E-state index is 12.3. The van der Waals surface area contributed by atoms with Gasteiger partial charge in [-0.2, -0.15) is 0 Å². The molecule has 0 radical (unpaired) electrons. The van der Waals surface area contributed by atoms with Gasteiger partial charge in [-0.25, -0.2) is 4.79 Å². The summed E-state index contributed by atoms with van der Waals surface area (Å²) in [5.41, 5.74) is 2.33. The van der Waals surface area contributed by atoms with E-state index < -0.39 is 5.97 Å². The smallest absolute Gasteiger partial charge is 0.348 e. The van der Waals surface area contributed by atoms with Gasteiger partial charge in [0.25, 0.3) is 0 Å². The Morgan fingerprint density at radius 3 is 2.61 bits per heavy atom. The largest absolute Gasteiger partial charge is 0.453 e. The van der Waals surface area contributed by atoms with Crippen molar-refractivity contribution in [3.63, 3.8) is 0 Å². The Hall–Kier alpha value is -2.47. The van der Waals surface area contributed by atoms with E-state index in [9.17, 15) is 14.4 Å². The number of ether oxygens (including phenoxy) is 1. The Balaban J connectivity index is 1.55. The Morgan fingerprint density at radius 1 is 1.18 bits per heavy atom. The lowest BCUT2D eigenvalue weighted by Gasteiger charge is -2.19. The number of carbonyl (C=O) groups excluding carboxylic acids is 3. The first-order valence-electron chi connectivity index (χ1n) is 9.72. The van der Waals surface area contributed by atoms with Crippen molar-refractivity contribution >= 4 is 34.7 Å². The number of esters is 1. The van der Waals surface area contributed by atoms with Crippen LogP contribution in [0.1, 0.15) is 63.6 Å². The molecule has 1 heterocycles. The molecule has 0 fully saturated rings. The quantitative estimate of drug-likeness (QED) is 0.543. The van der Waals surface area contributed by atoms with Gasteiger partial charge < -0.3 is 10.1 Å². The molecular weight excluding hydrogens is 374 g/mol. The van der Waals surface area contributed by atoms with E-state index in [0.29, 0.717) is 28.5 Å². The highest BCUT2D eigenvalue weighted by molar-refractivity contribution is 7.14. The molecule has 1 N–H and O–H groups in total. The van der Waals surface area contributed by atoms with Crippen molar-refractivity contribution in [2.24, 2.45) is 5.92 Å². The highest BCUT2D eigenvalue weighted by atomic mass is 32.1. The number of carbonyl (C=O) groups is 3. The molecule has 6 heteroatoms. The number of fused-ring (bicyclic) bond motifs is 1. The Kier molecular flexibility index (Phi) is 6.62. The Bertz CT molecular complexity index is 869. The summed E-state index contributed by atoms with van der Waals surface area (Å²) in [4.78, 5) is 37.9. The highest BCUT2D eigenvalue weighted by Gasteiger charge is 2.23. The van der Waals surface area contributed by atoms with Crippen molar-refractivity contribution in [3.8, 4) is 0 Å². The number of thiophene rings is 1. The molecule has 0 bridgehead atoms. The van der Waals surface area contributed by atoms with Gasteiger partial charge in [-0.15, -0.1) is 11.3 Å². The van der Waals surface area contributed by atoms with Crippen molar-refractivity contribution in [1.82, 2.24) is 0 Å². The highest BCUT2D eigenvalue weighted by Crippen LogP contribution is 2.33. The zero-order valence-electron chi connectivity index (χ0n) is 16.2. The molecule has 1 aromatic carbocycles. The van der Waals surface area contributed by atoms with E-state index in [1.54, 1.807) is 31.2 Å². The summed E-state index contributed by atoms with van der Waals surface area (Å²) in [5.74, 6) is -0.101. The summed E-state index contributed by atoms with van der Waals surface area (Å²) in [6, 6.07) is 8.51. The number of rotatable bonds is 7. The van der Waals surface area contributed by atoms with Crippen molar-refractivity contribution in [2.75, 3.05) is 11.9 Å². The van der Waals surface area contributed by atoms with Crippen LogP contribution >= 0.6 is 11.3 Å². The van der Waals surface area contributed by atoms with Gasteiger partial charge in [0.05, 0.1) is 0 Å². The van der Waals surface area contributed by atoms with Crippen LogP contribution in [0.4, 0.5) is 5.69 Å². The average Bonchev–Trinajstić information content (AvgIpc) is 3.15. The van der Waals surface area contributed by atoms with Gasteiger partial charge in [0.1, 0.15) is 4.88 Å². The summed E-state index contributed by atoms with van der Waals surface area (Å²) in [6.45, 7) is 3.68. The fourth-order valence-corrected chi connectivity index (χ4v) is 4.42. The summed E-state index contributed by atoms with van der Waals surface area (Å²) in [6.07, 6.45) is 4.76. The molecule has 1 aromatic heterocycles. The molecule has 0 saturated heterocycles. The minimum atomic E-state index is -0.437. The van der Waals surface area contributed by atoms with Crippen LogP contribution in [0.5, 0.6) is 0 Å². The molecule has 2 aromatic rings. The lowest BCUT2D eigenvalue weighted by atomic mass is 9.87. The minimum Gasteiger partial charge on any atom is -0.453 e. The molecule has 1 aliphatic rings. The summed E-state index contributed by atoms with van der Waals surface area (Å²) < 4.78 is 5.24. The average molecular weight is 400 g/mol. The molecule has 5 nitrogen and oxygen atoms in total. The number of anilines is 1. The molecule has 3 rings (SSSR count). The number of benzene rings is 1. The topological polar surface area (TPSA) is 72.5 Å². The van der Waals surface area contributed by atoms with Gasteiger partial charge in [-0.3, -0.25) is 9.59 Å². The number of hydrogen-bond acceptors (Lipinski definition) is 5. The molecule has 1 amide bonds. The van der Waals surface area contributed by atoms with Crippen molar-refractivity contribution in [1.29, 1.82) is 0 Å².